The van der Waals surface area contributed by atoms with Gasteiger partial charge in [0.25, 0.3) is 5.69 Å². The van der Waals surface area contributed by atoms with Crippen molar-refractivity contribution >= 4 is 5.69 Å². The average Bonchev–Trinajstić information content (AvgIpc) is 2.18. The molecule has 0 N–H and O–H groups in total. The molecule has 0 aliphatic carbocycles. The van der Waals surface area contributed by atoms with Crippen molar-refractivity contribution in [2.24, 2.45) is 0 Å². The van der Waals surface area contributed by atoms with E-state index in [0.717, 1.165) is 18.7 Å². The molecular weight excluding hydrogens is 180 g/mol. The van der Waals surface area contributed by atoms with E-state index in [1.807, 2.05) is 7.05 Å². The summed E-state index contributed by atoms with van der Waals surface area (Å²) in [5, 5.41) is 10.4. The summed E-state index contributed by atoms with van der Waals surface area (Å²) in [6.45, 7) is 3.87. The Morgan fingerprint density at radius 3 is 2.36 bits per heavy atom. The predicted octanol–water partition coefficient (Wildman–Crippen LogP) is 2.05. The minimum atomic E-state index is -0.382. The number of benzene rings is 1. The normalized spacial score (nSPS) is 10.5. The number of hydrogen-bond donors (Lipinski definition) is 0. The molecule has 1 aromatic rings. The van der Waals surface area contributed by atoms with Crippen LogP contribution in [0.4, 0.5) is 5.69 Å². The third-order valence-electron chi connectivity index (χ3n) is 2.14. The van der Waals surface area contributed by atoms with Crippen LogP contribution in [-0.2, 0) is 6.54 Å². The molecule has 0 heterocycles. The Labute approximate surface area is 83.3 Å². The van der Waals surface area contributed by atoms with E-state index in [4.69, 9.17) is 0 Å². The summed E-state index contributed by atoms with van der Waals surface area (Å²) in [7, 11) is 2.02. The predicted molar refractivity (Wildman–Crippen MR) is 55.1 cm³/mol. The summed E-state index contributed by atoms with van der Waals surface area (Å²) in [5.41, 5.74) is 1.24. The van der Waals surface area contributed by atoms with Crippen molar-refractivity contribution < 1.29 is 4.92 Å². The molecule has 0 atom stereocenters. The smallest absolute Gasteiger partial charge is 0.269 e. The maximum atomic E-state index is 10.4. The lowest BCUT2D eigenvalue weighted by molar-refractivity contribution is -0.384. The highest BCUT2D eigenvalue weighted by Crippen LogP contribution is 2.12. The molecular formula is C10H14N2O2. The minimum absolute atomic E-state index is 0.146. The molecule has 0 unspecified atom stereocenters. The van der Waals surface area contributed by atoms with E-state index < -0.39 is 0 Å². The van der Waals surface area contributed by atoms with E-state index in [9.17, 15) is 10.1 Å². The van der Waals surface area contributed by atoms with Crippen LogP contribution in [0.3, 0.4) is 0 Å². The van der Waals surface area contributed by atoms with Gasteiger partial charge in [-0.25, -0.2) is 0 Å². The first-order chi connectivity index (χ1) is 6.63. The van der Waals surface area contributed by atoms with Crippen molar-refractivity contribution in [3.05, 3.63) is 39.9 Å². The van der Waals surface area contributed by atoms with Gasteiger partial charge < -0.3 is 4.90 Å². The van der Waals surface area contributed by atoms with Gasteiger partial charge in [-0.1, -0.05) is 19.1 Å². The Hall–Kier alpha value is -1.42. The van der Waals surface area contributed by atoms with Gasteiger partial charge in [0.15, 0.2) is 0 Å². The van der Waals surface area contributed by atoms with Crippen LogP contribution in [0.2, 0.25) is 0 Å². The lowest BCUT2D eigenvalue weighted by atomic mass is 10.2. The maximum absolute atomic E-state index is 10.4. The molecule has 4 nitrogen and oxygen atoms in total. The van der Waals surface area contributed by atoms with Crippen molar-refractivity contribution in [2.45, 2.75) is 13.5 Å². The van der Waals surface area contributed by atoms with Crippen LogP contribution in [0.5, 0.6) is 0 Å². The second-order valence-electron chi connectivity index (χ2n) is 3.25. The lowest BCUT2D eigenvalue weighted by Crippen LogP contribution is -2.16. The van der Waals surface area contributed by atoms with E-state index in [2.05, 4.69) is 11.8 Å². The molecule has 0 aliphatic rings. The molecule has 0 bridgehead atoms. The molecule has 0 fully saturated rings. The molecule has 4 heteroatoms. The summed E-state index contributed by atoms with van der Waals surface area (Å²) >= 11 is 0. The standard InChI is InChI=1S/C10H14N2O2/c1-3-11(2)8-9-4-6-10(7-5-9)12(13)14/h4-7H,3,8H2,1-2H3. The van der Waals surface area contributed by atoms with E-state index >= 15 is 0 Å². The van der Waals surface area contributed by atoms with Gasteiger partial charge in [0, 0.05) is 18.7 Å². The molecule has 0 aliphatic heterocycles. The largest absolute Gasteiger partial charge is 0.302 e. The van der Waals surface area contributed by atoms with Gasteiger partial charge in [-0.2, -0.15) is 0 Å². The summed E-state index contributed by atoms with van der Waals surface area (Å²) in [6.07, 6.45) is 0. The number of nitro groups is 1. The van der Waals surface area contributed by atoms with Gasteiger partial charge in [-0.05, 0) is 19.2 Å². The second-order valence-corrected chi connectivity index (χ2v) is 3.25. The molecule has 1 aromatic carbocycles. The van der Waals surface area contributed by atoms with Crippen LogP contribution < -0.4 is 0 Å². The Morgan fingerprint density at radius 2 is 1.93 bits per heavy atom. The minimum Gasteiger partial charge on any atom is -0.302 e. The molecule has 0 amide bonds. The highest BCUT2D eigenvalue weighted by molar-refractivity contribution is 5.32. The molecule has 1 rings (SSSR count). The summed E-state index contributed by atoms with van der Waals surface area (Å²) in [5.74, 6) is 0. The number of nitrogens with zero attached hydrogens (tertiary/aromatic N) is 2. The zero-order valence-corrected chi connectivity index (χ0v) is 8.43. The van der Waals surface area contributed by atoms with E-state index in [1.54, 1.807) is 24.3 Å². The summed E-state index contributed by atoms with van der Waals surface area (Å²) in [6, 6.07) is 6.67. The molecule has 0 radical (unpaired) electrons. The Bertz CT molecular complexity index is 308. The number of rotatable bonds is 4. The molecule has 0 saturated heterocycles. The fourth-order valence-corrected chi connectivity index (χ4v) is 1.15. The highest BCUT2D eigenvalue weighted by atomic mass is 16.6. The van der Waals surface area contributed by atoms with Crippen LogP contribution in [0.1, 0.15) is 12.5 Å². The van der Waals surface area contributed by atoms with Crippen molar-refractivity contribution in [3.8, 4) is 0 Å². The SMILES string of the molecule is CCN(C)Cc1ccc([N+](=O)[O-])cc1. The first-order valence-corrected chi connectivity index (χ1v) is 4.55. The third kappa shape index (κ3) is 2.81. The van der Waals surface area contributed by atoms with Crippen LogP contribution in [-0.4, -0.2) is 23.4 Å². The van der Waals surface area contributed by atoms with E-state index in [1.165, 1.54) is 0 Å². The Kier molecular flexibility index (Phi) is 3.59. The monoisotopic (exact) mass is 194 g/mol. The Balaban J connectivity index is 2.68. The van der Waals surface area contributed by atoms with E-state index in [0.29, 0.717) is 0 Å². The fraction of sp³-hybridized carbons (Fsp3) is 0.400. The number of hydrogen-bond acceptors (Lipinski definition) is 3. The van der Waals surface area contributed by atoms with Crippen molar-refractivity contribution in [2.75, 3.05) is 13.6 Å². The molecule has 0 spiro atoms. The number of non-ortho nitro benzene ring substituents is 1. The quantitative estimate of drug-likeness (QED) is 0.544. The van der Waals surface area contributed by atoms with Gasteiger partial charge in [0.2, 0.25) is 0 Å². The summed E-state index contributed by atoms with van der Waals surface area (Å²) < 4.78 is 0. The Morgan fingerprint density at radius 1 is 1.36 bits per heavy atom. The average molecular weight is 194 g/mol. The first kappa shape index (κ1) is 10.7. The summed E-state index contributed by atoms with van der Waals surface area (Å²) in [4.78, 5) is 12.1. The van der Waals surface area contributed by atoms with Gasteiger partial charge >= 0.3 is 0 Å². The maximum Gasteiger partial charge on any atom is 0.269 e. The molecule has 0 saturated carbocycles. The van der Waals surface area contributed by atoms with Crippen LogP contribution >= 0.6 is 0 Å². The van der Waals surface area contributed by atoms with Gasteiger partial charge in [-0.15, -0.1) is 0 Å². The molecule has 0 aromatic heterocycles. The van der Waals surface area contributed by atoms with Crippen LogP contribution in [0.15, 0.2) is 24.3 Å². The highest BCUT2D eigenvalue weighted by Gasteiger charge is 2.04. The van der Waals surface area contributed by atoms with Gasteiger partial charge in [-0.3, -0.25) is 10.1 Å². The van der Waals surface area contributed by atoms with Gasteiger partial charge in [0.05, 0.1) is 4.92 Å². The fourth-order valence-electron chi connectivity index (χ4n) is 1.15. The van der Waals surface area contributed by atoms with Crippen molar-refractivity contribution in [3.63, 3.8) is 0 Å². The third-order valence-corrected chi connectivity index (χ3v) is 2.14. The van der Waals surface area contributed by atoms with Gasteiger partial charge in [0.1, 0.15) is 0 Å². The van der Waals surface area contributed by atoms with Crippen molar-refractivity contribution in [1.29, 1.82) is 0 Å². The zero-order valence-electron chi connectivity index (χ0n) is 8.43. The zero-order chi connectivity index (χ0) is 10.6. The molecule has 14 heavy (non-hydrogen) atoms. The second kappa shape index (κ2) is 4.72. The lowest BCUT2D eigenvalue weighted by Gasteiger charge is -2.13. The van der Waals surface area contributed by atoms with Crippen LogP contribution in [0, 0.1) is 10.1 Å². The van der Waals surface area contributed by atoms with E-state index in [-0.39, 0.29) is 10.6 Å². The van der Waals surface area contributed by atoms with Crippen LogP contribution in [0.25, 0.3) is 0 Å². The van der Waals surface area contributed by atoms with Crippen molar-refractivity contribution in [1.82, 2.24) is 4.90 Å². The topological polar surface area (TPSA) is 46.4 Å². The first-order valence-electron chi connectivity index (χ1n) is 4.55. The number of nitro benzene ring substituents is 1. The molecule has 76 valence electrons.